The van der Waals surface area contributed by atoms with Gasteiger partial charge in [0.15, 0.2) is 5.96 Å². The average Bonchev–Trinajstić information content (AvgIpc) is 3.22. The molecule has 0 atom stereocenters. The Labute approximate surface area is 200 Å². The number of benzene rings is 1. The molecule has 1 saturated heterocycles. The SMILES string of the molecule is CN=C(NCc1ccccc1S(=O)(=O)N1CCN(C)CC1)N(C)Cc1ccsc1.I. The van der Waals surface area contributed by atoms with Gasteiger partial charge in [-0.2, -0.15) is 15.6 Å². The fourth-order valence-electron chi connectivity index (χ4n) is 3.36. The fraction of sp³-hybridized carbons (Fsp3) is 0.450. The van der Waals surface area contributed by atoms with Crippen LogP contribution < -0.4 is 5.32 Å². The first-order valence-corrected chi connectivity index (χ1v) is 12.0. The molecule has 1 aliphatic heterocycles. The first-order valence-electron chi connectivity index (χ1n) is 9.61. The molecule has 1 fully saturated rings. The predicted octanol–water partition coefficient (Wildman–Crippen LogP) is 2.51. The van der Waals surface area contributed by atoms with Gasteiger partial charge >= 0.3 is 0 Å². The Morgan fingerprint density at radius 3 is 2.53 bits per heavy atom. The molecule has 10 heteroatoms. The molecule has 0 radical (unpaired) electrons. The summed E-state index contributed by atoms with van der Waals surface area (Å²) in [6, 6.07) is 9.30. The molecule has 0 bridgehead atoms. The molecular weight excluding hydrogens is 533 g/mol. The lowest BCUT2D eigenvalue weighted by Crippen LogP contribution is -2.47. The van der Waals surface area contributed by atoms with Crippen molar-refractivity contribution in [2.24, 2.45) is 4.99 Å². The van der Waals surface area contributed by atoms with Crippen LogP contribution in [0.2, 0.25) is 0 Å². The van der Waals surface area contributed by atoms with Crippen LogP contribution in [0.4, 0.5) is 0 Å². The van der Waals surface area contributed by atoms with Crippen LogP contribution in [0.25, 0.3) is 0 Å². The number of hydrogen-bond donors (Lipinski definition) is 1. The second-order valence-electron chi connectivity index (χ2n) is 7.20. The Hall–Kier alpha value is -1.21. The first kappa shape index (κ1) is 25.1. The van der Waals surface area contributed by atoms with Gasteiger partial charge in [0.25, 0.3) is 0 Å². The van der Waals surface area contributed by atoms with Crippen molar-refractivity contribution < 1.29 is 8.42 Å². The Morgan fingerprint density at radius 1 is 1.20 bits per heavy atom. The summed E-state index contributed by atoms with van der Waals surface area (Å²) in [6.45, 7) is 3.67. The number of nitrogens with zero attached hydrogens (tertiary/aromatic N) is 4. The summed E-state index contributed by atoms with van der Waals surface area (Å²) in [7, 11) is 2.20. The molecule has 7 nitrogen and oxygen atoms in total. The second kappa shape index (κ2) is 11.4. The van der Waals surface area contributed by atoms with Gasteiger partial charge in [0.05, 0.1) is 4.90 Å². The lowest BCUT2D eigenvalue weighted by atomic mass is 10.2. The topological polar surface area (TPSA) is 68.2 Å². The highest BCUT2D eigenvalue weighted by molar-refractivity contribution is 14.0. The quantitative estimate of drug-likeness (QED) is 0.333. The van der Waals surface area contributed by atoms with Crippen LogP contribution in [-0.2, 0) is 23.1 Å². The van der Waals surface area contributed by atoms with Gasteiger partial charge in [0, 0.05) is 53.4 Å². The van der Waals surface area contributed by atoms with E-state index in [9.17, 15) is 8.42 Å². The summed E-state index contributed by atoms with van der Waals surface area (Å²) in [5.74, 6) is 0.725. The van der Waals surface area contributed by atoms with E-state index in [-0.39, 0.29) is 24.0 Å². The summed E-state index contributed by atoms with van der Waals surface area (Å²) in [5.41, 5.74) is 1.97. The van der Waals surface area contributed by atoms with Crippen LogP contribution in [0.3, 0.4) is 0 Å². The maximum atomic E-state index is 13.2. The molecule has 0 unspecified atom stereocenters. The number of nitrogens with one attached hydrogen (secondary N) is 1. The molecule has 0 spiro atoms. The van der Waals surface area contributed by atoms with Crippen molar-refractivity contribution in [1.29, 1.82) is 0 Å². The number of thiophene rings is 1. The molecule has 3 rings (SSSR count). The number of piperazine rings is 1. The highest BCUT2D eigenvalue weighted by atomic mass is 127. The minimum atomic E-state index is -3.52. The molecule has 0 amide bonds. The normalized spacial score (nSPS) is 16.2. The zero-order valence-electron chi connectivity index (χ0n) is 17.6. The molecule has 1 aromatic heterocycles. The highest BCUT2D eigenvalue weighted by Gasteiger charge is 2.29. The molecule has 1 aliphatic rings. The zero-order chi connectivity index (χ0) is 20.9. The summed E-state index contributed by atoms with van der Waals surface area (Å²) in [4.78, 5) is 8.88. The van der Waals surface area contributed by atoms with Crippen molar-refractivity contribution >= 4 is 51.3 Å². The standard InChI is InChI=1S/C20H29N5O2S2.HI/c1-21-20(24(3)15-17-8-13-28-16-17)22-14-18-6-4-5-7-19(18)29(26,27)25-11-9-23(2)10-12-25;/h4-8,13,16H,9-12,14-15H2,1-3H3,(H,21,22);1H. The van der Waals surface area contributed by atoms with E-state index in [0.717, 1.165) is 31.2 Å². The van der Waals surface area contributed by atoms with Gasteiger partial charge < -0.3 is 15.1 Å². The third kappa shape index (κ3) is 6.16. The summed E-state index contributed by atoms with van der Waals surface area (Å²) in [5, 5.41) is 7.48. The molecule has 2 heterocycles. The Kier molecular flexibility index (Phi) is 9.54. The van der Waals surface area contributed by atoms with E-state index in [1.54, 1.807) is 34.8 Å². The van der Waals surface area contributed by atoms with Crippen LogP contribution in [0.5, 0.6) is 0 Å². The molecule has 30 heavy (non-hydrogen) atoms. The van der Waals surface area contributed by atoms with E-state index in [1.807, 2.05) is 31.1 Å². The fourth-order valence-corrected chi connectivity index (χ4v) is 5.66. The number of aliphatic imine (C=N–C) groups is 1. The Balaban J connectivity index is 0.00000320. The Bertz CT molecular complexity index is 926. The molecule has 0 aliphatic carbocycles. The Morgan fingerprint density at radius 2 is 1.90 bits per heavy atom. The van der Waals surface area contributed by atoms with Gasteiger partial charge in [-0.05, 0) is 41.1 Å². The van der Waals surface area contributed by atoms with Crippen LogP contribution >= 0.6 is 35.3 Å². The number of halogens is 1. The van der Waals surface area contributed by atoms with Crippen molar-refractivity contribution in [3.8, 4) is 0 Å². The monoisotopic (exact) mass is 563 g/mol. The van der Waals surface area contributed by atoms with Gasteiger partial charge in [-0.15, -0.1) is 24.0 Å². The van der Waals surface area contributed by atoms with Crippen molar-refractivity contribution in [2.75, 3.05) is 47.3 Å². The molecule has 0 saturated carbocycles. The van der Waals surface area contributed by atoms with Crippen LogP contribution in [-0.4, -0.2) is 75.8 Å². The second-order valence-corrected chi connectivity index (χ2v) is 9.89. The van der Waals surface area contributed by atoms with Crippen LogP contribution in [0, 0.1) is 0 Å². The van der Waals surface area contributed by atoms with E-state index in [2.05, 4.69) is 32.0 Å². The predicted molar refractivity (Wildman–Crippen MR) is 134 cm³/mol. The lowest BCUT2D eigenvalue weighted by molar-refractivity contribution is 0.222. The van der Waals surface area contributed by atoms with Crippen molar-refractivity contribution in [3.63, 3.8) is 0 Å². The number of guanidine groups is 1. The largest absolute Gasteiger partial charge is 0.352 e. The van der Waals surface area contributed by atoms with Gasteiger partial charge in [-0.3, -0.25) is 4.99 Å². The third-order valence-electron chi connectivity index (χ3n) is 5.06. The van der Waals surface area contributed by atoms with E-state index in [4.69, 9.17) is 0 Å². The van der Waals surface area contributed by atoms with Gasteiger partial charge in [-0.1, -0.05) is 18.2 Å². The molecular formula is C20H30IN5O2S2. The van der Waals surface area contributed by atoms with Gasteiger partial charge in [0.2, 0.25) is 10.0 Å². The van der Waals surface area contributed by atoms with E-state index in [1.165, 1.54) is 5.56 Å². The van der Waals surface area contributed by atoms with Crippen molar-refractivity contribution in [3.05, 3.63) is 52.2 Å². The zero-order valence-corrected chi connectivity index (χ0v) is 21.6. The smallest absolute Gasteiger partial charge is 0.243 e. The van der Waals surface area contributed by atoms with Crippen molar-refractivity contribution in [1.82, 2.24) is 19.4 Å². The van der Waals surface area contributed by atoms with E-state index in [0.29, 0.717) is 24.5 Å². The maximum absolute atomic E-state index is 13.2. The minimum Gasteiger partial charge on any atom is -0.352 e. The first-order chi connectivity index (χ1) is 13.9. The lowest BCUT2D eigenvalue weighted by Gasteiger charge is -2.32. The molecule has 1 N–H and O–H groups in total. The average molecular weight is 564 g/mol. The summed E-state index contributed by atoms with van der Waals surface area (Å²) < 4.78 is 28.0. The minimum absolute atomic E-state index is 0. The van der Waals surface area contributed by atoms with Crippen molar-refractivity contribution in [2.45, 2.75) is 18.0 Å². The summed E-state index contributed by atoms with van der Waals surface area (Å²) in [6.07, 6.45) is 0. The molecule has 2 aromatic rings. The van der Waals surface area contributed by atoms with E-state index < -0.39 is 10.0 Å². The number of hydrogen-bond acceptors (Lipinski definition) is 5. The van der Waals surface area contributed by atoms with Gasteiger partial charge in [0.1, 0.15) is 0 Å². The van der Waals surface area contributed by atoms with E-state index >= 15 is 0 Å². The van der Waals surface area contributed by atoms with Crippen LogP contribution in [0.1, 0.15) is 11.1 Å². The number of rotatable bonds is 6. The maximum Gasteiger partial charge on any atom is 0.243 e. The summed E-state index contributed by atoms with van der Waals surface area (Å²) >= 11 is 1.67. The number of likely N-dealkylation sites (N-methyl/N-ethyl adjacent to an activating group) is 1. The van der Waals surface area contributed by atoms with Crippen LogP contribution in [0.15, 0.2) is 51.0 Å². The molecule has 1 aromatic carbocycles. The number of sulfonamides is 1. The highest BCUT2D eigenvalue weighted by Crippen LogP contribution is 2.21. The molecule has 166 valence electrons. The third-order valence-corrected chi connectivity index (χ3v) is 7.79. The van der Waals surface area contributed by atoms with Gasteiger partial charge in [-0.25, -0.2) is 8.42 Å².